The molecule has 4 nitrogen and oxygen atoms in total. The van der Waals surface area contributed by atoms with Crippen molar-refractivity contribution in [3.05, 3.63) is 0 Å². The number of carbonyl (C=O) groups is 1. The molecular weight excluding hydrogens is 158 g/mol. The molecule has 0 radical (unpaired) electrons. The van der Waals surface area contributed by atoms with Crippen molar-refractivity contribution < 1.29 is 14.3 Å². The Kier molecular flexibility index (Phi) is 6.70. The first-order valence-corrected chi connectivity index (χ1v) is 4.06. The number of nitrogens with one attached hydrogen (secondary N) is 1. The predicted molar refractivity (Wildman–Crippen MR) is 46.0 cm³/mol. The van der Waals surface area contributed by atoms with E-state index in [1.807, 2.05) is 13.8 Å². The zero-order valence-corrected chi connectivity index (χ0v) is 7.92. The van der Waals surface area contributed by atoms with Crippen molar-refractivity contribution in [2.45, 2.75) is 20.0 Å². The molecule has 0 bridgehead atoms. The molecule has 0 aromatic heterocycles. The van der Waals surface area contributed by atoms with Gasteiger partial charge < -0.3 is 14.8 Å². The van der Waals surface area contributed by atoms with Gasteiger partial charge in [0.15, 0.2) is 0 Å². The Morgan fingerprint density at radius 3 is 2.67 bits per heavy atom. The summed E-state index contributed by atoms with van der Waals surface area (Å²) in [6.45, 7) is 5.18. The summed E-state index contributed by atoms with van der Waals surface area (Å²) < 4.78 is 9.68. The lowest BCUT2D eigenvalue weighted by Crippen LogP contribution is -2.28. The highest BCUT2D eigenvalue weighted by Gasteiger charge is 2.03. The standard InChI is InChI=1S/C8H17NO3/c1-7(2)12-8(10)6-9-4-5-11-3/h7,9H,4-6H2,1-3H3. The Bertz CT molecular complexity index is 125. The summed E-state index contributed by atoms with van der Waals surface area (Å²) in [6.07, 6.45) is -0.0401. The summed E-state index contributed by atoms with van der Waals surface area (Å²) >= 11 is 0. The van der Waals surface area contributed by atoms with Crippen LogP contribution in [-0.2, 0) is 14.3 Å². The molecule has 0 aromatic carbocycles. The smallest absolute Gasteiger partial charge is 0.320 e. The van der Waals surface area contributed by atoms with Gasteiger partial charge in [-0.25, -0.2) is 0 Å². The van der Waals surface area contributed by atoms with Crippen LogP contribution in [0.5, 0.6) is 0 Å². The SMILES string of the molecule is COCCNCC(=O)OC(C)C. The Balaban J connectivity index is 3.20. The minimum absolute atomic E-state index is 0.0401. The van der Waals surface area contributed by atoms with Crippen LogP contribution < -0.4 is 5.32 Å². The fourth-order valence-corrected chi connectivity index (χ4v) is 0.669. The van der Waals surface area contributed by atoms with Crippen molar-refractivity contribution in [2.24, 2.45) is 0 Å². The van der Waals surface area contributed by atoms with Crippen LogP contribution in [0.4, 0.5) is 0 Å². The summed E-state index contributed by atoms with van der Waals surface area (Å²) in [6, 6.07) is 0. The zero-order chi connectivity index (χ0) is 9.40. The maximum absolute atomic E-state index is 10.9. The summed E-state index contributed by atoms with van der Waals surface area (Å²) in [5.41, 5.74) is 0. The molecule has 0 aromatic rings. The van der Waals surface area contributed by atoms with Crippen LogP contribution in [0.3, 0.4) is 0 Å². The normalized spacial score (nSPS) is 10.3. The fraction of sp³-hybridized carbons (Fsp3) is 0.875. The molecule has 0 fully saturated rings. The lowest BCUT2D eigenvalue weighted by atomic mass is 10.5. The fourth-order valence-electron chi connectivity index (χ4n) is 0.669. The number of carbonyl (C=O) groups excluding carboxylic acids is 1. The van der Waals surface area contributed by atoms with Gasteiger partial charge >= 0.3 is 5.97 Å². The molecule has 1 N–H and O–H groups in total. The van der Waals surface area contributed by atoms with Crippen molar-refractivity contribution in [2.75, 3.05) is 26.8 Å². The molecule has 0 amide bonds. The van der Waals surface area contributed by atoms with Gasteiger partial charge in [-0.05, 0) is 13.8 Å². The van der Waals surface area contributed by atoms with Crippen LogP contribution in [0.2, 0.25) is 0 Å². The third kappa shape index (κ3) is 7.50. The number of ether oxygens (including phenoxy) is 2. The quantitative estimate of drug-likeness (QED) is 0.462. The topological polar surface area (TPSA) is 47.6 Å². The van der Waals surface area contributed by atoms with Crippen LogP contribution in [0.1, 0.15) is 13.8 Å². The Morgan fingerprint density at radius 2 is 2.17 bits per heavy atom. The van der Waals surface area contributed by atoms with Crippen molar-refractivity contribution in [1.29, 1.82) is 0 Å². The molecule has 0 saturated carbocycles. The first-order valence-electron chi connectivity index (χ1n) is 4.06. The van der Waals surface area contributed by atoms with Gasteiger partial charge in [0.2, 0.25) is 0 Å². The Morgan fingerprint density at radius 1 is 1.50 bits per heavy atom. The van der Waals surface area contributed by atoms with Gasteiger partial charge in [0, 0.05) is 13.7 Å². The molecule has 72 valence electrons. The molecule has 0 aliphatic rings. The summed E-state index contributed by atoms with van der Waals surface area (Å²) in [5, 5.41) is 2.89. The highest BCUT2D eigenvalue weighted by molar-refractivity contribution is 5.71. The molecule has 0 aliphatic carbocycles. The van der Waals surface area contributed by atoms with Gasteiger partial charge in [-0.15, -0.1) is 0 Å². The lowest BCUT2D eigenvalue weighted by Gasteiger charge is -2.08. The van der Waals surface area contributed by atoms with Crippen LogP contribution >= 0.6 is 0 Å². The first-order chi connectivity index (χ1) is 5.66. The minimum atomic E-state index is -0.221. The highest BCUT2D eigenvalue weighted by Crippen LogP contribution is 1.86. The summed E-state index contributed by atoms with van der Waals surface area (Å²) in [4.78, 5) is 10.9. The maximum atomic E-state index is 10.9. The largest absolute Gasteiger partial charge is 0.462 e. The van der Waals surface area contributed by atoms with Gasteiger partial charge in [0.05, 0.1) is 19.3 Å². The Hall–Kier alpha value is -0.610. The third-order valence-electron chi connectivity index (χ3n) is 1.12. The molecule has 0 aliphatic heterocycles. The van der Waals surface area contributed by atoms with Gasteiger partial charge in [-0.3, -0.25) is 4.79 Å². The third-order valence-corrected chi connectivity index (χ3v) is 1.12. The summed E-state index contributed by atoms with van der Waals surface area (Å²) in [7, 11) is 1.62. The zero-order valence-electron chi connectivity index (χ0n) is 7.92. The van der Waals surface area contributed by atoms with E-state index in [0.717, 1.165) is 0 Å². The summed E-state index contributed by atoms with van der Waals surface area (Å²) in [5.74, 6) is -0.221. The second-order valence-electron chi connectivity index (χ2n) is 2.71. The van der Waals surface area contributed by atoms with E-state index in [0.29, 0.717) is 13.2 Å². The maximum Gasteiger partial charge on any atom is 0.320 e. The van der Waals surface area contributed by atoms with Crippen LogP contribution in [0, 0.1) is 0 Å². The molecule has 0 atom stereocenters. The van der Waals surface area contributed by atoms with Gasteiger partial charge in [-0.1, -0.05) is 0 Å². The molecule has 0 unspecified atom stereocenters. The van der Waals surface area contributed by atoms with E-state index in [-0.39, 0.29) is 18.6 Å². The molecule has 0 saturated heterocycles. The number of methoxy groups -OCH3 is 1. The number of hydrogen-bond donors (Lipinski definition) is 1. The molecule has 0 heterocycles. The lowest BCUT2D eigenvalue weighted by molar-refractivity contribution is -0.146. The Labute approximate surface area is 73.2 Å². The van der Waals surface area contributed by atoms with Crippen LogP contribution in [0.25, 0.3) is 0 Å². The van der Waals surface area contributed by atoms with Crippen LogP contribution in [0.15, 0.2) is 0 Å². The molecule has 4 heteroatoms. The van der Waals surface area contributed by atoms with Gasteiger partial charge in [0.1, 0.15) is 0 Å². The number of hydrogen-bond acceptors (Lipinski definition) is 4. The molecular formula is C8H17NO3. The van der Waals surface area contributed by atoms with Crippen LogP contribution in [-0.4, -0.2) is 38.9 Å². The van der Waals surface area contributed by atoms with E-state index >= 15 is 0 Å². The highest BCUT2D eigenvalue weighted by atomic mass is 16.5. The predicted octanol–water partition coefficient (Wildman–Crippen LogP) is 0.174. The first kappa shape index (κ1) is 11.4. The van der Waals surface area contributed by atoms with Gasteiger partial charge in [0.25, 0.3) is 0 Å². The van der Waals surface area contributed by atoms with E-state index in [2.05, 4.69) is 5.32 Å². The van der Waals surface area contributed by atoms with Gasteiger partial charge in [-0.2, -0.15) is 0 Å². The number of rotatable bonds is 6. The second kappa shape index (κ2) is 7.06. The molecule has 12 heavy (non-hydrogen) atoms. The van der Waals surface area contributed by atoms with Crippen molar-refractivity contribution >= 4 is 5.97 Å². The van der Waals surface area contributed by atoms with Crippen molar-refractivity contribution in [3.8, 4) is 0 Å². The number of esters is 1. The minimum Gasteiger partial charge on any atom is -0.462 e. The molecule has 0 rings (SSSR count). The van der Waals surface area contributed by atoms with E-state index in [9.17, 15) is 4.79 Å². The van der Waals surface area contributed by atoms with E-state index in [4.69, 9.17) is 9.47 Å². The van der Waals surface area contributed by atoms with Crippen molar-refractivity contribution in [3.63, 3.8) is 0 Å². The van der Waals surface area contributed by atoms with E-state index < -0.39 is 0 Å². The van der Waals surface area contributed by atoms with Crippen molar-refractivity contribution in [1.82, 2.24) is 5.32 Å². The average molecular weight is 175 g/mol. The second-order valence-corrected chi connectivity index (χ2v) is 2.71. The monoisotopic (exact) mass is 175 g/mol. The van der Waals surface area contributed by atoms with E-state index in [1.165, 1.54) is 0 Å². The average Bonchev–Trinajstić information content (AvgIpc) is 1.97. The molecule has 0 spiro atoms. The van der Waals surface area contributed by atoms with E-state index in [1.54, 1.807) is 7.11 Å².